The highest BCUT2D eigenvalue weighted by Crippen LogP contribution is 2.30. The SMILES string of the molecule is C=C(/C=C\C=C(/C)C(C)=O)CS(=O)(=O)c1cccc(Cl)c1Cl.CCCC(F)(F)CCC. The quantitative estimate of drug-likeness (QED) is 0.248. The van der Waals surface area contributed by atoms with Gasteiger partial charge in [0.1, 0.15) is 0 Å². The molecule has 0 fully saturated rings. The number of Topliss-reactive ketones (excluding diaryl/α,β-unsaturated/α-hetero) is 1. The van der Waals surface area contributed by atoms with Crippen molar-refractivity contribution in [2.24, 2.45) is 0 Å². The van der Waals surface area contributed by atoms with Crippen LogP contribution in [0.5, 0.6) is 0 Å². The van der Waals surface area contributed by atoms with Gasteiger partial charge in [0.25, 0.3) is 0 Å². The Kier molecular flexibility index (Phi) is 13.1. The maximum absolute atomic E-state index is 12.4. The Morgan fingerprint density at radius 2 is 1.68 bits per heavy atom. The first-order valence-electron chi connectivity index (χ1n) is 9.85. The van der Waals surface area contributed by atoms with Crippen LogP contribution in [0, 0.1) is 0 Å². The van der Waals surface area contributed by atoms with Gasteiger partial charge in [-0.15, -0.1) is 0 Å². The second-order valence-electron chi connectivity index (χ2n) is 7.09. The summed E-state index contributed by atoms with van der Waals surface area (Å²) in [5.74, 6) is -2.73. The Morgan fingerprint density at radius 1 is 1.13 bits per heavy atom. The number of hydrogen-bond acceptors (Lipinski definition) is 3. The predicted octanol–water partition coefficient (Wildman–Crippen LogP) is 7.64. The van der Waals surface area contributed by atoms with Crippen LogP contribution in [-0.4, -0.2) is 25.9 Å². The molecule has 1 aromatic rings. The molecule has 0 spiro atoms. The molecule has 0 aromatic heterocycles. The molecule has 1 rings (SSSR count). The van der Waals surface area contributed by atoms with Crippen LogP contribution in [0.25, 0.3) is 0 Å². The first kappa shape index (κ1) is 29.5. The predicted molar refractivity (Wildman–Crippen MR) is 126 cm³/mol. The third-order valence-electron chi connectivity index (χ3n) is 4.09. The van der Waals surface area contributed by atoms with E-state index in [1.807, 2.05) is 0 Å². The van der Waals surface area contributed by atoms with Gasteiger partial charge in [-0.1, -0.05) is 80.8 Å². The van der Waals surface area contributed by atoms with Crippen molar-refractivity contribution in [2.45, 2.75) is 64.2 Å². The Morgan fingerprint density at radius 3 is 2.16 bits per heavy atom. The number of alkyl halides is 2. The Bertz CT molecular complexity index is 913. The van der Waals surface area contributed by atoms with Crippen molar-refractivity contribution in [3.8, 4) is 0 Å². The summed E-state index contributed by atoms with van der Waals surface area (Å²) in [5.41, 5.74) is 0.952. The fourth-order valence-corrected chi connectivity index (χ4v) is 4.51. The molecule has 0 saturated carbocycles. The van der Waals surface area contributed by atoms with Gasteiger partial charge in [-0.3, -0.25) is 4.79 Å². The number of hydrogen-bond donors (Lipinski definition) is 0. The number of ketones is 1. The zero-order valence-electron chi connectivity index (χ0n) is 18.4. The van der Waals surface area contributed by atoms with Crippen molar-refractivity contribution in [3.05, 3.63) is 64.2 Å². The molecule has 3 nitrogen and oxygen atoms in total. The second kappa shape index (κ2) is 13.8. The molecule has 0 unspecified atom stereocenters. The van der Waals surface area contributed by atoms with Gasteiger partial charge in [0.05, 0.1) is 20.7 Å². The maximum Gasteiger partial charge on any atom is 0.248 e. The molecule has 31 heavy (non-hydrogen) atoms. The topological polar surface area (TPSA) is 51.2 Å². The summed E-state index contributed by atoms with van der Waals surface area (Å²) in [6.07, 6.45) is 5.98. The minimum Gasteiger partial charge on any atom is -0.295 e. The summed E-state index contributed by atoms with van der Waals surface area (Å²) in [6, 6.07) is 4.45. The zero-order chi connectivity index (χ0) is 24.2. The van der Waals surface area contributed by atoms with E-state index in [-0.39, 0.29) is 39.3 Å². The average molecular weight is 495 g/mol. The monoisotopic (exact) mass is 494 g/mol. The zero-order valence-corrected chi connectivity index (χ0v) is 20.7. The Labute approximate surface area is 194 Å². The van der Waals surface area contributed by atoms with Gasteiger partial charge in [-0.25, -0.2) is 17.2 Å². The first-order valence-corrected chi connectivity index (χ1v) is 12.3. The Balaban J connectivity index is 0.000000842. The van der Waals surface area contributed by atoms with Crippen LogP contribution < -0.4 is 0 Å². The minimum absolute atomic E-state index is 0.00765. The molecule has 0 aliphatic carbocycles. The summed E-state index contributed by atoms with van der Waals surface area (Å²) in [7, 11) is -3.63. The number of halogens is 4. The lowest BCUT2D eigenvalue weighted by Crippen LogP contribution is -2.14. The van der Waals surface area contributed by atoms with Crippen LogP contribution in [0.1, 0.15) is 53.4 Å². The van der Waals surface area contributed by atoms with Crippen molar-refractivity contribution >= 4 is 38.8 Å². The van der Waals surface area contributed by atoms with Crippen LogP contribution in [0.3, 0.4) is 0 Å². The van der Waals surface area contributed by atoms with E-state index in [4.69, 9.17) is 23.2 Å². The van der Waals surface area contributed by atoms with Crippen molar-refractivity contribution in [1.82, 2.24) is 0 Å². The highest BCUT2D eigenvalue weighted by molar-refractivity contribution is 7.91. The van der Waals surface area contributed by atoms with E-state index < -0.39 is 15.8 Å². The fourth-order valence-electron chi connectivity index (χ4n) is 2.40. The summed E-state index contributed by atoms with van der Waals surface area (Å²) in [4.78, 5) is 11.0. The van der Waals surface area contributed by atoms with Crippen LogP contribution in [0.15, 0.2) is 59.0 Å². The fraction of sp³-hybridized carbons (Fsp3) is 0.435. The molecule has 8 heteroatoms. The van der Waals surface area contributed by atoms with Crippen molar-refractivity contribution in [2.75, 3.05) is 5.75 Å². The van der Waals surface area contributed by atoms with Crippen LogP contribution in [0.4, 0.5) is 8.78 Å². The van der Waals surface area contributed by atoms with Crippen molar-refractivity contribution in [3.63, 3.8) is 0 Å². The third-order valence-corrected chi connectivity index (χ3v) is 6.78. The number of benzene rings is 1. The van der Waals surface area contributed by atoms with E-state index in [1.165, 1.54) is 25.1 Å². The average Bonchev–Trinajstić information content (AvgIpc) is 2.63. The van der Waals surface area contributed by atoms with Crippen molar-refractivity contribution in [1.29, 1.82) is 0 Å². The lowest BCUT2D eigenvalue weighted by molar-refractivity contribution is -0.113. The summed E-state index contributed by atoms with van der Waals surface area (Å²) in [6.45, 7) is 10.4. The number of carbonyl (C=O) groups excluding carboxylic acids is 1. The van der Waals surface area contributed by atoms with Crippen LogP contribution in [0.2, 0.25) is 10.0 Å². The van der Waals surface area contributed by atoms with Gasteiger partial charge in [-0.2, -0.15) is 0 Å². The van der Waals surface area contributed by atoms with Gasteiger partial charge < -0.3 is 0 Å². The van der Waals surface area contributed by atoms with Crippen LogP contribution >= 0.6 is 23.2 Å². The lowest BCUT2D eigenvalue weighted by atomic mass is 10.1. The maximum atomic E-state index is 12.4. The second-order valence-corrected chi connectivity index (χ2v) is 9.83. The standard InChI is InChI=1S/C16H16Cl2O3S.C7H14F2/c1-11(6-4-7-12(2)13(3)19)10-22(20,21)15-9-5-8-14(17)16(15)18;1-3-5-7(8,9)6-4-2/h4-9H,1,10H2,2-3H3;3-6H2,1-2H3/b6-4-,12-7+;. The highest BCUT2D eigenvalue weighted by atomic mass is 35.5. The molecule has 0 amide bonds. The molecule has 0 saturated heterocycles. The molecule has 0 bridgehead atoms. The molecule has 0 atom stereocenters. The van der Waals surface area contributed by atoms with Gasteiger partial charge >= 0.3 is 0 Å². The van der Waals surface area contributed by atoms with Crippen LogP contribution in [-0.2, 0) is 14.6 Å². The molecule has 174 valence electrons. The third kappa shape index (κ3) is 11.6. The number of carbonyl (C=O) groups is 1. The molecule has 0 aliphatic rings. The van der Waals surface area contributed by atoms with E-state index in [1.54, 1.807) is 39.0 Å². The smallest absolute Gasteiger partial charge is 0.248 e. The highest BCUT2D eigenvalue weighted by Gasteiger charge is 2.25. The normalized spacial score (nSPS) is 12.5. The molecule has 0 radical (unpaired) electrons. The molecule has 1 aromatic carbocycles. The van der Waals surface area contributed by atoms with E-state index >= 15 is 0 Å². The first-order chi connectivity index (χ1) is 14.3. The summed E-state index contributed by atoms with van der Waals surface area (Å²) < 4.78 is 49.5. The number of rotatable bonds is 10. The Hall–Kier alpha value is -1.50. The van der Waals surface area contributed by atoms with Gasteiger partial charge in [0, 0.05) is 12.8 Å². The van der Waals surface area contributed by atoms with E-state index in [2.05, 4.69) is 6.58 Å². The molecular formula is C23H30Cl2F2O3S. The largest absolute Gasteiger partial charge is 0.295 e. The number of allylic oxidation sites excluding steroid dienone is 4. The summed E-state index contributed by atoms with van der Waals surface area (Å²) >= 11 is 11.8. The van der Waals surface area contributed by atoms with Gasteiger partial charge in [0.2, 0.25) is 5.92 Å². The number of sulfone groups is 1. The molecule has 0 aliphatic heterocycles. The summed E-state index contributed by atoms with van der Waals surface area (Å²) in [5, 5.41) is 0.192. The van der Waals surface area contributed by atoms with Gasteiger partial charge in [0.15, 0.2) is 15.6 Å². The van der Waals surface area contributed by atoms with E-state index in [9.17, 15) is 22.0 Å². The van der Waals surface area contributed by atoms with Crippen molar-refractivity contribution < 1.29 is 22.0 Å². The molecule has 0 N–H and O–H groups in total. The van der Waals surface area contributed by atoms with E-state index in [0.717, 1.165) is 0 Å². The van der Waals surface area contributed by atoms with E-state index in [0.29, 0.717) is 24.0 Å². The van der Waals surface area contributed by atoms with Gasteiger partial charge in [-0.05, 0) is 37.1 Å². The lowest BCUT2D eigenvalue weighted by Gasteiger charge is -2.12. The molecule has 0 heterocycles. The molecular weight excluding hydrogens is 465 g/mol. The minimum atomic E-state index is -3.63.